The number of aromatic nitrogens is 3. The SMILES string of the molecule is [2H]c1c([2H])c([2H])c2c(c1[2H])c1c([2H])c([2H])c([2H])c([2H])c1n2-c1nc([2H])c2c3c([2H])c([2H])c([2H])c([2H])c3n(S(=O)(=O)c3ccc(C)cc3)c2c1[2H]. The minimum Gasteiger partial charge on any atom is -0.294 e. The first-order valence-corrected chi connectivity index (χ1v) is 12.0. The number of nitrogens with zero attached hydrogens (tertiary/aromatic N) is 3. The van der Waals surface area contributed by atoms with Crippen molar-refractivity contribution in [2.75, 3.05) is 0 Å². The first-order valence-electron chi connectivity index (χ1n) is 17.6. The highest BCUT2D eigenvalue weighted by Gasteiger charge is 2.24. The predicted molar refractivity (Wildman–Crippen MR) is 145 cm³/mol. The molecule has 0 atom stereocenters. The summed E-state index contributed by atoms with van der Waals surface area (Å²) in [7, 11) is -4.81. The Bertz CT molecular complexity index is 2750. The Morgan fingerprint density at radius 1 is 0.694 bits per heavy atom. The van der Waals surface area contributed by atoms with E-state index in [9.17, 15) is 9.79 Å². The van der Waals surface area contributed by atoms with Crippen LogP contribution in [0.3, 0.4) is 0 Å². The highest BCUT2D eigenvalue weighted by Crippen LogP contribution is 2.35. The average Bonchev–Trinajstić information content (AvgIpc) is 3.64. The van der Waals surface area contributed by atoms with E-state index in [0.717, 1.165) is 4.57 Å². The second kappa shape index (κ2) is 7.54. The van der Waals surface area contributed by atoms with E-state index in [1.807, 2.05) is 0 Å². The van der Waals surface area contributed by atoms with Crippen molar-refractivity contribution in [1.82, 2.24) is 13.5 Å². The second-order valence-corrected chi connectivity index (χ2v) is 9.77. The molecular weight excluding hydrogens is 466 g/mol. The molecular formula is C30H21N3O2S. The number of hydrogen-bond donors (Lipinski definition) is 0. The average molecular weight is 502 g/mol. The zero-order chi connectivity index (χ0) is 36.6. The van der Waals surface area contributed by atoms with E-state index < -0.39 is 133 Å². The van der Waals surface area contributed by atoms with E-state index in [1.165, 1.54) is 24.3 Å². The molecule has 7 rings (SSSR count). The molecule has 7 aromatic rings. The third-order valence-electron chi connectivity index (χ3n) is 5.87. The number of aryl methyl sites for hydroxylation is 1. The molecule has 0 unspecified atom stereocenters. The van der Waals surface area contributed by atoms with Crippen LogP contribution in [-0.4, -0.2) is 21.9 Å². The number of hydrogen-bond acceptors (Lipinski definition) is 3. The third kappa shape index (κ3) is 2.88. The van der Waals surface area contributed by atoms with Crippen LogP contribution in [0.2, 0.25) is 0 Å². The lowest BCUT2D eigenvalue weighted by Gasteiger charge is -2.11. The number of fused-ring (bicyclic) bond motifs is 6. The Balaban J connectivity index is 1.81. The van der Waals surface area contributed by atoms with Crippen LogP contribution in [0.4, 0.5) is 0 Å². The van der Waals surface area contributed by atoms with E-state index in [0.29, 0.717) is 9.54 Å². The van der Waals surface area contributed by atoms with Gasteiger partial charge in [0.1, 0.15) is 5.82 Å². The standard InChI is InChI=1S/C30H21N3O2S/c1-20-14-16-21(17-15-20)36(34,35)33-28-13-7-4-10-24(28)25-19-31-30(18-29(25)33)32-26-11-5-2-8-22(26)23-9-3-6-12-27(23)32/h2-19H,1H3/i2D,3D,4D,5D,6D,7D,8D,9D,10D,11D,12D,13D,18D,19D. The van der Waals surface area contributed by atoms with Crippen LogP contribution in [0.25, 0.3) is 49.4 Å². The summed E-state index contributed by atoms with van der Waals surface area (Å²) in [6.45, 7) is 1.72. The largest absolute Gasteiger partial charge is 0.294 e. The number of benzene rings is 4. The molecule has 0 aliphatic heterocycles. The van der Waals surface area contributed by atoms with Gasteiger partial charge in [0.25, 0.3) is 10.0 Å². The van der Waals surface area contributed by atoms with Crippen LogP contribution >= 0.6 is 0 Å². The minimum absolute atomic E-state index is 0.321. The highest BCUT2D eigenvalue weighted by molar-refractivity contribution is 7.90. The van der Waals surface area contributed by atoms with Crippen LogP contribution < -0.4 is 0 Å². The van der Waals surface area contributed by atoms with Crippen molar-refractivity contribution < 1.29 is 27.6 Å². The summed E-state index contributed by atoms with van der Waals surface area (Å²) in [5.74, 6) is -0.657. The topological polar surface area (TPSA) is 56.9 Å². The molecule has 3 aromatic heterocycles. The normalized spacial score (nSPS) is 17.7. The first kappa shape index (κ1) is 11.1. The van der Waals surface area contributed by atoms with E-state index in [1.54, 1.807) is 6.92 Å². The van der Waals surface area contributed by atoms with Gasteiger partial charge in [-0.1, -0.05) is 72.1 Å². The molecule has 0 saturated carbocycles. The quantitative estimate of drug-likeness (QED) is 0.267. The summed E-state index contributed by atoms with van der Waals surface area (Å²) in [5, 5.41) is -1.51. The van der Waals surface area contributed by atoms with Gasteiger partial charge < -0.3 is 0 Å². The van der Waals surface area contributed by atoms with Crippen molar-refractivity contribution in [3.63, 3.8) is 0 Å². The van der Waals surface area contributed by atoms with Crippen LogP contribution in [0.1, 0.15) is 24.8 Å². The van der Waals surface area contributed by atoms with Crippen molar-refractivity contribution in [3.05, 3.63) is 115 Å². The van der Waals surface area contributed by atoms with E-state index in [4.69, 9.17) is 17.8 Å². The predicted octanol–water partition coefficient (Wildman–Crippen LogP) is 6.83. The molecule has 5 nitrogen and oxygen atoms in total. The Kier molecular flexibility index (Phi) is 2.32. The van der Waals surface area contributed by atoms with Crippen molar-refractivity contribution in [2.45, 2.75) is 11.8 Å². The summed E-state index contributed by atoms with van der Waals surface area (Å²) in [6.07, 6.45) is -0.782. The minimum atomic E-state index is -4.81. The molecule has 0 fully saturated rings. The Morgan fingerprint density at radius 2 is 1.22 bits per heavy atom. The maximum atomic E-state index is 14.5. The Morgan fingerprint density at radius 3 is 1.83 bits per heavy atom. The highest BCUT2D eigenvalue weighted by atomic mass is 32.2. The molecule has 0 N–H and O–H groups in total. The zero-order valence-electron chi connectivity index (χ0n) is 32.4. The van der Waals surface area contributed by atoms with Gasteiger partial charge in [0, 0.05) is 33.8 Å². The molecule has 6 heteroatoms. The van der Waals surface area contributed by atoms with Crippen molar-refractivity contribution in [1.29, 1.82) is 0 Å². The molecule has 174 valence electrons. The van der Waals surface area contributed by atoms with Crippen LogP contribution in [0.5, 0.6) is 0 Å². The van der Waals surface area contributed by atoms with Gasteiger partial charge in [0.15, 0.2) is 0 Å². The number of para-hydroxylation sites is 3. The molecule has 3 heterocycles. The summed E-state index contributed by atoms with van der Waals surface area (Å²) in [6, 6.07) is -3.97. The van der Waals surface area contributed by atoms with Gasteiger partial charge >= 0.3 is 0 Å². The van der Waals surface area contributed by atoms with Crippen LogP contribution in [0.15, 0.2) is 114 Å². The lowest BCUT2D eigenvalue weighted by Crippen LogP contribution is -2.13. The van der Waals surface area contributed by atoms with Gasteiger partial charge in [-0.2, -0.15) is 0 Å². The number of rotatable bonds is 3. The molecule has 0 aliphatic rings. The summed E-state index contributed by atoms with van der Waals surface area (Å²) >= 11 is 0. The molecule has 0 saturated heterocycles. The lowest BCUT2D eigenvalue weighted by molar-refractivity contribution is 0.590. The molecule has 0 radical (unpaired) electrons. The van der Waals surface area contributed by atoms with Gasteiger partial charge in [-0.25, -0.2) is 17.4 Å². The lowest BCUT2D eigenvalue weighted by atomic mass is 10.2. The van der Waals surface area contributed by atoms with Gasteiger partial charge in [-0.15, -0.1) is 0 Å². The Hall–Kier alpha value is -4.42. The maximum absolute atomic E-state index is 14.5. The second-order valence-electron chi connectivity index (χ2n) is 7.98. The molecule has 36 heavy (non-hydrogen) atoms. The van der Waals surface area contributed by atoms with E-state index in [-0.39, 0.29) is 15.7 Å². The van der Waals surface area contributed by atoms with Gasteiger partial charge in [-0.05, 0) is 37.2 Å². The van der Waals surface area contributed by atoms with Crippen molar-refractivity contribution in [3.8, 4) is 5.82 Å². The first-order chi connectivity index (χ1) is 23.4. The van der Waals surface area contributed by atoms with Gasteiger partial charge in [0.2, 0.25) is 0 Å². The van der Waals surface area contributed by atoms with Crippen molar-refractivity contribution >= 4 is 53.6 Å². The smallest absolute Gasteiger partial charge is 0.268 e. The van der Waals surface area contributed by atoms with Crippen LogP contribution in [0, 0.1) is 6.92 Å². The Labute approximate surface area is 227 Å². The van der Waals surface area contributed by atoms with Gasteiger partial charge in [-0.3, -0.25) is 4.57 Å². The van der Waals surface area contributed by atoms with E-state index in [2.05, 4.69) is 4.98 Å². The van der Waals surface area contributed by atoms with Crippen LogP contribution in [-0.2, 0) is 10.0 Å². The maximum Gasteiger partial charge on any atom is 0.268 e. The molecule has 0 bridgehead atoms. The molecule has 0 aliphatic carbocycles. The van der Waals surface area contributed by atoms with Gasteiger partial charge in [0.05, 0.1) is 46.2 Å². The summed E-state index contributed by atoms with van der Waals surface area (Å²) < 4.78 is 151. The summed E-state index contributed by atoms with van der Waals surface area (Å²) in [4.78, 5) is 3.90. The fraction of sp³-hybridized carbons (Fsp3) is 0.0333. The third-order valence-corrected chi connectivity index (χ3v) is 7.58. The fourth-order valence-corrected chi connectivity index (χ4v) is 5.68. The molecule has 4 aromatic carbocycles. The summed E-state index contributed by atoms with van der Waals surface area (Å²) in [5.41, 5.74) is -1.33. The zero-order valence-corrected chi connectivity index (χ0v) is 19.2. The van der Waals surface area contributed by atoms with Crippen molar-refractivity contribution in [2.24, 2.45) is 0 Å². The molecule has 0 amide bonds. The molecule has 0 spiro atoms. The fourth-order valence-electron chi connectivity index (χ4n) is 4.23. The monoisotopic (exact) mass is 501 g/mol. The number of pyridine rings is 1. The van der Waals surface area contributed by atoms with E-state index >= 15 is 0 Å².